The summed E-state index contributed by atoms with van der Waals surface area (Å²) in [4.78, 5) is 13.4. The highest BCUT2D eigenvalue weighted by molar-refractivity contribution is 5.90. The summed E-state index contributed by atoms with van der Waals surface area (Å²) in [7, 11) is 0. The Bertz CT molecular complexity index is 946. The highest BCUT2D eigenvalue weighted by Crippen LogP contribution is 2.53. The number of nitrogens with two attached hydrogens (primary N) is 1. The molecule has 1 saturated heterocycles. The Morgan fingerprint density at radius 1 is 1.30 bits per heavy atom. The predicted octanol–water partition coefficient (Wildman–Crippen LogP) is 1.34. The summed E-state index contributed by atoms with van der Waals surface area (Å²) < 4.78 is 5.17. The molecule has 2 saturated carbocycles. The molecule has 5 unspecified atom stereocenters. The Balaban J connectivity index is 1.42. The number of fused-ring (bicyclic) bond motifs is 2. The molecule has 10 heteroatoms. The standard InChI is InChI=1S/C23H35N6O4/c1-3-13-6-8-23(2)7-4-5-15(14(23)9-13)28-20-17-21(26-11-25-20)29(24,12-27-17)22-19(32)18(31)16(10-30)33-22/h3,11-16,18-19,22,30-32H,1,4-10,24H2,2H3,(H,25,26,28)/q+1/t13?,14?,15?,16-,18-,19-,22-,23?,29?/m1/s1. The number of aliphatic hydroxyl groups excluding tert-OH is 3. The van der Waals surface area contributed by atoms with Gasteiger partial charge in [0.2, 0.25) is 6.34 Å². The molecule has 3 fully saturated rings. The van der Waals surface area contributed by atoms with E-state index in [-0.39, 0.29) is 6.04 Å². The van der Waals surface area contributed by atoms with Gasteiger partial charge in [0, 0.05) is 6.04 Å². The van der Waals surface area contributed by atoms with Gasteiger partial charge in [-0.05, 0) is 49.4 Å². The molecule has 4 aliphatic rings. The summed E-state index contributed by atoms with van der Waals surface area (Å²) in [6, 6.07) is 0.259. The fourth-order valence-electron chi connectivity index (χ4n) is 6.38. The number of quaternary nitrogens is 1. The van der Waals surface area contributed by atoms with Crippen LogP contribution in [0.25, 0.3) is 0 Å². The largest absolute Gasteiger partial charge is 0.394 e. The average Bonchev–Trinajstić information content (AvgIpc) is 3.31. The molecule has 10 nitrogen and oxygen atoms in total. The van der Waals surface area contributed by atoms with E-state index < -0.39 is 35.7 Å². The van der Waals surface area contributed by atoms with Crippen LogP contribution in [0.15, 0.2) is 24.0 Å². The van der Waals surface area contributed by atoms with Crippen LogP contribution in [0.5, 0.6) is 0 Å². The van der Waals surface area contributed by atoms with Crippen molar-refractivity contribution in [3.8, 4) is 0 Å². The number of nitrogens with one attached hydrogen (secondary N) is 1. The van der Waals surface area contributed by atoms with Gasteiger partial charge in [-0.3, -0.25) is 0 Å². The third kappa shape index (κ3) is 3.60. The first-order valence-corrected chi connectivity index (χ1v) is 11.9. The molecule has 0 radical (unpaired) electrons. The molecule has 6 N–H and O–H groups in total. The molecule has 0 spiro atoms. The number of ether oxygens (including phenoxy) is 1. The molecule has 2 aliphatic carbocycles. The SMILES string of the molecule is C=CC1CCC2(C)CCCC(Nc3ncnc4c3N=C[N+]4(N)[C@@H]3O[C@H](CO)[C@@H](O)[C@H]3O)C2C1. The second-order valence-electron chi connectivity index (χ2n) is 10.4. The lowest BCUT2D eigenvalue weighted by molar-refractivity contribution is -0.0675. The van der Waals surface area contributed by atoms with Gasteiger partial charge in [0.05, 0.1) is 6.61 Å². The minimum Gasteiger partial charge on any atom is -0.394 e. The van der Waals surface area contributed by atoms with Gasteiger partial charge in [-0.1, -0.05) is 19.4 Å². The zero-order chi connectivity index (χ0) is 23.4. The van der Waals surface area contributed by atoms with Gasteiger partial charge in [-0.25, -0.2) is 4.98 Å². The van der Waals surface area contributed by atoms with Gasteiger partial charge >= 0.3 is 0 Å². The van der Waals surface area contributed by atoms with Crippen LogP contribution in [0.1, 0.15) is 45.4 Å². The van der Waals surface area contributed by atoms with E-state index in [0.717, 1.165) is 12.8 Å². The van der Waals surface area contributed by atoms with Gasteiger partial charge in [-0.15, -0.1) is 11.2 Å². The van der Waals surface area contributed by atoms with Crippen LogP contribution < -0.4 is 15.8 Å². The summed E-state index contributed by atoms with van der Waals surface area (Å²) in [6.07, 6.45) is 7.46. The van der Waals surface area contributed by atoms with E-state index in [2.05, 4.69) is 39.9 Å². The van der Waals surface area contributed by atoms with Crippen molar-refractivity contribution in [1.82, 2.24) is 14.6 Å². The third-order valence-electron chi connectivity index (χ3n) is 8.43. The zero-order valence-electron chi connectivity index (χ0n) is 19.0. The molecule has 3 heterocycles. The van der Waals surface area contributed by atoms with E-state index in [9.17, 15) is 15.3 Å². The van der Waals surface area contributed by atoms with E-state index in [1.165, 1.54) is 38.3 Å². The van der Waals surface area contributed by atoms with Crippen molar-refractivity contribution in [2.45, 2.75) is 76.0 Å². The lowest BCUT2D eigenvalue weighted by Crippen LogP contribution is -2.64. The summed E-state index contributed by atoms with van der Waals surface area (Å²) >= 11 is 0. The van der Waals surface area contributed by atoms with Crippen LogP contribution in [0.4, 0.5) is 17.3 Å². The molecule has 0 bridgehead atoms. The number of rotatable bonds is 5. The molecule has 5 rings (SSSR count). The quantitative estimate of drug-likeness (QED) is 0.252. The van der Waals surface area contributed by atoms with E-state index >= 15 is 0 Å². The summed E-state index contributed by atoms with van der Waals surface area (Å²) in [5.74, 6) is 8.64. The average molecular weight is 460 g/mol. The molecule has 9 atom stereocenters. The topological polar surface area (TPSA) is 146 Å². The molecule has 33 heavy (non-hydrogen) atoms. The van der Waals surface area contributed by atoms with Crippen LogP contribution in [0, 0.1) is 17.3 Å². The number of nitrogens with zero attached hydrogens (tertiary/aromatic N) is 4. The Hall–Kier alpha value is -1.95. The van der Waals surface area contributed by atoms with Crippen molar-refractivity contribution in [3.05, 3.63) is 19.0 Å². The lowest BCUT2D eigenvalue weighted by Gasteiger charge is -2.51. The normalized spacial score (nSPS) is 44.3. The molecule has 0 amide bonds. The number of aliphatic imine (C=N–C) groups is 1. The first-order chi connectivity index (χ1) is 15.8. The zero-order valence-corrected chi connectivity index (χ0v) is 19.0. The van der Waals surface area contributed by atoms with E-state index in [0.29, 0.717) is 34.6 Å². The van der Waals surface area contributed by atoms with Crippen molar-refractivity contribution in [3.63, 3.8) is 0 Å². The summed E-state index contributed by atoms with van der Waals surface area (Å²) in [5, 5.41) is 33.9. The van der Waals surface area contributed by atoms with Gasteiger partial charge in [0.15, 0.2) is 17.6 Å². The molecule has 180 valence electrons. The first kappa shape index (κ1) is 22.8. The fraction of sp³-hybridized carbons (Fsp3) is 0.696. The van der Waals surface area contributed by atoms with Gasteiger partial charge in [-0.2, -0.15) is 15.8 Å². The van der Waals surface area contributed by atoms with Crippen LogP contribution in [-0.4, -0.2) is 68.8 Å². The Kier molecular flexibility index (Phi) is 5.79. The number of hydrogen-bond donors (Lipinski definition) is 5. The van der Waals surface area contributed by atoms with Crippen LogP contribution in [0.2, 0.25) is 0 Å². The van der Waals surface area contributed by atoms with Gasteiger partial charge in [0.25, 0.3) is 12.0 Å². The molecule has 1 aromatic rings. The maximum Gasteiger partial charge on any atom is 0.287 e. The van der Waals surface area contributed by atoms with Crippen molar-refractivity contribution < 1.29 is 20.1 Å². The maximum absolute atomic E-state index is 10.5. The van der Waals surface area contributed by atoms with Crippen molar-refractivity contribution in [1.29, 1.82) is 0 Å². The molecule has 1 aromatic heterocycles. The molecular weight excluding hydrogens is 424 g/mol. The lowest BCUT2D eigenvalue weighted by atomic mass is 9.56. The Labute approximate surface area is 193 Å². The molecular formula is C23H35N6O4+. The van der Waals surface area contributed by atoms with E-state index in [4.69, 9.17) is 10.6 Å². The maximum atomic E-state index is 10.5. The first-order valence-electron chi connectivity index (χ1n) is 11.9. The summed E-state index contributed by atoms with van der Waals surface area (Å²) in [5.41, 5.74) is 0.820. The second kappa shape index (κ2) is 8.37. The minimum atomic E-state index is -1.30. The fourth-order valence-corrected chi connectivity index (χ4v) is 6.38. The van der Waals surface area contributed by atoms with E-state index in [1.807, 2.05) is 0 Å². The van der Waals surface area contributed by atoms with Gasteiger partial charge in [0.1, 0.15) is 18.5 Å². The second-order valence-corrected chi connectivity index (χ2v) is 10.4. The van der Waals surface area contributed by atoms with Gasteiger partial charge < -0.3 is 25.4 Å². The van der Waals surface area contributed by atoms with Crippen molar-refractivity contribution in [2.75, 3.05) is 11.9 Å². The number of aromatic nitrogens is 2. The number of anilines is 1. The highest BCUT2D eigenvalue weighted by Gasteiger charge is 2.57. The smallest absolute Gasteiger partial charge is 0.287 e. The van der Waals surface area contributed by atoms with E-state index in [1.54, 1.807) is 0 Å². The monoisotopic (exact) mass is 459 g/mol. The number of allylic oxidation sites excluding steroid dienone is 1. The number of hydrogen-bond acceptors (Lipinski definition) is 9. The van der Waals surface area contributed by atoms with Crippen molar-refractivity contribution in [2.24, 2.45) is 28.1 Å². The molecule has 0 aromatic carbocycles. The highest BCUT2D eigenvalue weighted by atomic mass is 16.6. The van der Waals surface area contributed by atoms with Crippen LogP contribution in [0.3, 0.4) is 0 Å². The van der Waals surface area contributed by atoms with Crippen LogP contribution >= 0.6 is 0 Å². The molecule has 2 aliphatic heterocycles. The predicted molar refractivity (Wildman–Crippen MR) is 124 cm³/mol. The van der Waals surface area contributed by atoms with Crippen molar-refractivity contribution >= 4 is 23.7 Å². The number of aliphatic hydroxyl groups is 3. The Morgan fingerprint density at radius 3 is 2.85 bits per heavy atom. The van der Waals surface area contributed by atoms with Crippen LogP contribution in [-0.2, 0) is 4.74 Å². The summed E-state index contributed by atoms with van der Waals surface area (Å²) in [6.45, 7) is 6.02. The third-order valence-corrected chi connectivity index (χ3v) is 8.43. The Morgan fingerprint density at radius 2 is 2.12 bits per heavy atom. The minimum absolute atomic E-state index is 0.259.